The first kappa shape index (κ1) is 15.8. The van der Waals surface area contributed by atoms with E-state index >= 15 is 0 Å². The highest BCUT2D eigenvalue weighted by atomic mass is 16.4. The third-order valence-corrected chi connectivity index (χ3v) is 3.28. The van der Waals surface area contributed by atoms with Crippen molar-refractivity contribution in [3.8, 4) is 0 Å². The quantitative estimate of drug-likeness (QED) is 0.881. The van der Waals surface area contributed by atoms with Gasteiger partial charge in [0.25, 0.3) is 11.8 Å². The van der Waals surface area contributed by atoms with Crippen molar-refractivity contribution in [3.05, 3.63) is 41.5 Å². The molecule has 0 aliphatic rings. The van der Waals surface area contributed by atoms with Crippen molar-refractivity contribution in [2.75, 3.05) is 13.1 Å². The van der Waals surface area contributed by atoms with Crippen molar-refractivity contribution >= 4 is 11.8 Å². The standard InChI is InChI=1S/C15H19N3O4/c1-4-18(5-2)15(20)13-10(3)22-12(17-13)8-16-14(19)11-6-7-21-9-11/h6-7,9H,4-5,8H2,1-3H3,(H,16,19). The first-order valence-electron chi connectivity index (χ1n) is 7.12. The third-order valence-electron chi connectivity index (χ3n) is 3.28. The van der Waals surface area contributed by atoms with E-state index < -0.39 is 0 Å². The van der Waals surface area contributed by atoms with Crippen LogP contribution in [0.5, 0.6) is 0 Å². The number of hydrogen-bond donors (Lipinski definition) is 1. The highest BCUT2D eigenvalue weighted by Gasteiger charge is 2.21. The Bertz CT molecular complexity index is 642. The molecule has 7 nitrogen and oxygen atoms in total. The summed E-state index contributed by atoms with van der Waals surface area (Å²) < 4.78 is 10.3. The van der Waals surface area contributed by atoms with Crippen LogP contribution in [-0.4, -0.2) is 34.8 Å². The van der Waals surface area contributed by atoms with Gasteiger partial charge in [0.15, 0.2) is 5.69 Å². The summed E-state index contributed by atoms with van der Waals surface area (Å²) in [6, 6.07) is 1.56. The van der Waals surface area contributed by atoms with Crippen LogP contribution in [0.4, 0.5) is 0 Å². The van der Waals surface area contributed by atoms with E-state index in [9.17, 15) is 9.59 Å². The van der Waals surface area contributed by atoms with Gasteiger partial charge >= 0.3 is 0 Å². The average Bonchev–Trinajstić information content (AvgIpc) is 3.15. The zero-order valence-corrected chi connectivity index (χ0v) is 12.9. The van der Waals surface area contributed by atoms with Gasteiger partial charge in [-0.2, -0.15) is 0 Å². The summed E-state index contributed by atoms with van der Waals surface area (Å²) in [5.41, 5.74) is 0.707. The summed E-state index contributed by atoms with van der Waals surface area (Å²) >= 11 is 0. The highest BCUT2D eigenvalue weighted by molar-refractivity contribution is 5.94. The van der Waals surface area contributed by atoms with Crippen LogP contribution in [0.1, 0.15) is 46.3 Å². The van der Waals surface area contributed by atoms with Gasteiger partial charge < -0.3 is 19.1 Å². The van der Waals surface area contributed by atoms with Crippen LogP contribution in [-0.2, 0) is 6.54 Å². The normalized spacial score (nSPS) is 10.5. The monoisotopic (exact) mass is 305 g/mol. The van der Waals surface area contributed by atoms with Gasteiger partial charge in [-0.15, -0.1) is 0 Å². The molecule has 7 heteroatoms. The van der Waals surface area contributed by atoms with Gasteiger partial charge in [-0.05, 0) is 26.8 Å². The first-order chi connectivity index (χ1) is 10.6. The van der Waals surface area contributed by atoms with E-state index in [4.69, 9.17) is 8.83 Å². The van der Waals surface area contributed by atoms with Crippen molar-refractivity contribution in [1.82, 2.24) is 15.2 Å². The van der Waals surface area contributed by atoms with Gasteiger partial charge in [-0.3, -0.25) is 9.59 Å². The summed E-state index contributed by atoms with van der Waals surface area (Å²) in [7, 11) is 0. The number of nitrogens with zero attached hydrogens (tertiary/aromatic N) is 2. The zero-order chi connectivity index (χ0) is 16.1. The molecular formula is C15H19N3O4. The van der Waals surface area contributed by atoms with E-state index in [1.807, 2.05) is 13.8 Å². The largest absolute Gasteiger partial charge is 0.472 e. The van der Waals surface area contributed by atoms with Gasteiger partial charge in [0.1, 0.15) is 12.0 Å². The Labute approximate surface area is 128 Å². The fourth-order valence-electron chi connectivity index (χ4n) is 2.04. The Morgan fingerprint density at radius 3 is 2.64 bits per heavy atom. The molecule has 0 aromatic carbocycles. The molecule has 2 heterocycles. The van der Waals surface area contributed by atoms with E-state index in [1.165, 1.54) is 12.5 Å². The third kappa shape index (κ3) is 3.36. The molecule has 0 bridgehead atoms. The maximum Gasteiger partial charge on any atom is 0.276 e. The lowest BCUT2D eigenvalue weighted by molar-refractivity contribution is 0.0766. The number of oxazole rings is 1. The lowest BCUT2D eigenvalue weighted by Gasteiger charge is -2.16. The number of aryl methyl sites for hydroxylation is 1. The van der Waals surface area contributed by atoms with Crippen molar-refractivity contribution in [2.24, 2.45) is 0 Å². The number of carbonyl (C=O) groups is 2. The van der Waals surface area contributed by atoms with Crippen molar-refractivity contribution in [2.45, 2.75) is 27.3 Å². The van der Waals surface area contributed by atoms with Crippen LogP contribution >= 0.6 is 0 Å². The van der Waals surface area contributed by atoms with E-state index in [2.05, 4.69) is 10.3 Å². The number of rotatable bonds is 6. The molecule has 2 amide bonds. The van der Waals surface area contributed by atoms with Gasteiger partial charge in [0.05, 0.1) is 18.4 Å². The van der Waals surface area contributed by atoms with Gasteiger partial charge in [-0.25, -0.2) is 4.98 Å². The minimum atomic E-state index is -0.291. The number of carbonyl (C=O) groups excluding carboxylic acids is 2. The van der Waals surface area contributed by atoms with Crippen LogP contribution < -0.4 is 5.32 Å². The number of aromatic nitrogens is 1. The zero-order valence-electron chi connectivity index (χ0n) is 12.9. The summed E-state index contributed by atoms with van der Waals surface area (Å²) in [4.78, 5) is 29.9. The molecule has 118 valence electrons. The summed E-state index contributed by atoms with van der Waals surface area (Å²) in [5.74, 6) is 0.286. The molecule has 0 aliphatic heterocycles. The lowest BCUT2D eigenvalue weighted by atomic mass is 10.3. The average molecular weight is 305 g/mol. The Morgan fingerprint density at radius 1 is 1.32 bits per heavy atom. The minimum absolute atomic E-state index is 0.108. The first-order valence-corrected chi connectivity index (χ1v) is 7.12. The van der Waals surface area contributed by atoms with E-state index in [0.29, 0.717) is 30.3 Å². The summed E-state index contributed by atoms with van der Waals surface area (Å²) in [6.45, 7) is 6.82. The molecule has 0 saturated carbocycles. The smallest absolute Gasteiger partial charge is 0.276 e. The molecule has 0 saturated heterocycles. The molecule has 0 spiro atoms. The second-order valence-corrected chi connectivity index (χ2v) is 4.68. The van der Waals surface area contributed by atoms with Crippen LogP contribution in [0.15, 0.2) is 27.4 Å². The van der Waals surface area contributed by atoms with Crippen molar-refractivity contribution in [3.63, 3.8) is 0 Å². The van der Waals surface area contributed by atoms with Gasteiger partial charge in [0, 0.05) is 13.1 Å². The number of furan rings is 1. The second-order valence-electron chi connectivity index (χ2n) is 4.68. The maximum atomic E-state index is 12.3. The van der Waals surface area contributed by atoms with Crippen LogP contribution in [0.3, 0.4) is 0 Å². The molecule has 2 rings (SSSR count). The Hall–Kier alpha value is -2.57. The predicted molar refractivity (Wildman–Crippen MR) is 78.4 cm³/mol. The molecule has 0 unspecified atom stereocenters. The molecular weight excluding hydrogens is 286 g/mol. The Morgan fingerprint density at radius 2 is 2.05 bits per heavy atom. The predicted octanol–water partition coefficient (Wildman–Crippen LogP) is 1.99. The Kier molecular flexibility index (Phi) is 4.98. The fourth-order valence-corrected chi connectivity index (χ4v) is 2.04. The van der Waals surface area contributed by atoms with Gasteiger partial charge in [0.2, 0.25) is 5.89 Å². The second kappa shape index (κ2) is 6.93. The lowest BCUT2D eigenvalue weighted by Crippen LogP contribution is -2.31. The summed E-state index contributed by atoms with van der Waals surface area (Å²) in [6.07, 6.45) is 2.77. The summed E-state index contributed by atoms with van der Waals surface area (Å²) in [5, 5.41) is 2.66. The molecule has 2 aromatic heterocycles. The van der Waals surface area contributed by atoms with Crippen molar-refractivity contribution in [1.29, 1.82) is 0 Å². The van der Waals surface area contributed by atoms with Crippen LogP contribution in [0, 0.1) is 6.92 Å². The topological polar surface area (TPSA) is 88.6 Å². The number of hydrogen-bond acceptors (Lipinski definition) is 5. The van der Waals surface area contributed by atoms with Crippen LogP contribution in [0.2, 0.25) is 0 Å². The SMILES string of the molecule is CCN(CC)C(=O)c1nc(CNC(=O)c2ccoc2)oc1C. The number of amides is 2. The minimum Gasteiger partial charge on any atom is -0.472 e. The molecule has 0 atom stereocenters. The molecule has 1 N–H and O–H groups in total. The Balaban J connectivity index is 2.03. The van der Waals surface area contributed by atoms with E-state index in [1.54, 1.807) is 17.9 Å². The number of nitrogens with one attached hydrogen (secondary N) is 1. The van der Waals surface area contributed by atoms with E-state index in [-0.39, 0.29) is 24.1 Å². The highest BCUT2D eigenvalue weighted by Crippen LogP contribution is 2.13. The van der Waals surface area contributed by atoms with Crippen LogP contribution in [0.25, 0.3) is 0 Å². The molecule has 22 heavy (non-hydrogen) atoms. The molecule has 0 fully saturated rings. The maximum absolute atomic E-state index is 12.3. The van der Waals surface area contributed by atoms with Gasteiger partial charge in [-0.1, -0.05) is 0 Å². The van der Waals surface area contributed by atoms with Crippen molar-refractivity contribution < 1.29 is 18.4 Å². The molecule has 0 radical (unpaired) electrons. The molecule has 0 aliphatic carbocycles. The molecule has 2 aromatic rings. The fraction of sp³-hybridized carbons (Fsp3) is 0.400. The van der Waals surface area contributed by atoms with E-state index in [0.717, 1.165) is 0 Å².